The molecule has 1 heteroatoms. The molecule has 1 aliphatic rings. The summed E-state index contributed by atoms with van der Waals surface area (Å²) in [4.78, 5) is 0. The predicted molar refractivity (Wildman–Crippen MR) is 72.5 cm³/mol. The fourth-order valence-corrected chi connectivity index (χ4v) is 2.64. The first-order chi connectivity index (χ1) is 7.83. The molecule has 1 atom stereocenters. The van der Waals surface area contributed by atoms with Gasteiger partial charge in [0.1, 0.15) is 0 Å². The molecule has 16 heavy (non-hydrogen) atoms. The molecule has 1 saturated carbocycles. The molecule has 0 aromatic heterocycles. The molecule has 96 valence electrons. The molecular formula is C15H31N. The van der Waals surface area contributed by atoms with Gasteiger partial charge in [0.05, 0.1) is 0 Å². The van der Waals surface area contributed by atoms with E-state index in [0.29, 0.717) is 6.04 Å². The van der Waals surface area contributed by atoms with Crippen LogP contribution >= 0.6 is 0 Å². The molecule has 0 bridgehead atoms. The average Bonchev–Trinajstić information content (AvgIpc) is 2.22. The molecule has 0 radical (unpaired) electrons. The molecule has 0 aliphatic heterocycles. The van der Waals surface area contributed by atoms with Gasteiger partial charge in [-0.05, 0) is 18.8 Å². The molecule has 0 aromatic carbocycles. The Kier molecular flexibility index (Phi) is 7.92. The maximum atomic E-state index is 6.15. The van der Waals surface area contributed by atoms with E-state index in [4.69, 9.17) is 5.73 Å². The topological polar surface area (TPSA) is 26.0 Å². The summed E-state index contributed by atoms with van der Waals surface area (Å²) >= 11 is 0. The average molecular weight is 225 g/mol. The molecule has 2 N–H and O–H groups in total. The van der Waals surface area contributed by atoms with Crippen LogP contribution in [-0.4, -0.2) is 6.04 Å². The van der Waals surface area contributed by atoms with E-state index in [1.165, 1.54) is 77.0 Å². The lowest BCUT2D eigenvalue weighted by atomic mass is 9.80. The van der Waals surface area contributed by atoms with Crippen molar-refractivity contribution in [2.45, 2.75) is 90.0 Å². The Hall–Kier alpha value is -0.0400. The summed E-state index contributed by atoms with van der Waals surface area (Å²) in [7, 11) is 0. The van der Waals surface area contributed by atoms with Crippen molar-refractivity contribution in [3.63, 3.8) is 0 Å². The van der Waals surface area contributed by atoms with Crippen LogP contribution in [0.4, 0.5) is 0 Å². The summed E-state index contributed by atoms with van der Waals surface area (Å²) in [5.74, 6) is 0.986. The molecule has 0 aromatic rings. The van der Waals surface area contributed by atoms with Crippen LogP contribution in [0.1, 0.15) is 84.0 Å². The zero-order valence-corrected chi connectivity index (χ0v) is 11.2. The van der Waals surface area contributed by atoms with E-state index >= 15 is 0 Å². The molecule has 1 rings (SSSR count). The van der Waals surface area contributed by atoms with E-state index in [2.05, 4.69) is 6.92 Å². The van der Waals surface area contributed by atoms with Crippen molar-refractivity contribution in [2.75, 3.05) is 0 Å². The van der Waals surface area contributed by atoms with Gasteiger partial charge in [0.2, 0.25) is 0 Å². The second kappa shape index (κ2) is 9.04. The second-order valence-electron chi connectivity index (χ2n) is 5.70. The summed E-state index contributed by atoms with van der Waals surface area (Å²) in [5, 5.41) is 0. The minimum absolute atomic E-state index is 0.501. The van der Waals surface area contributed by atoms with E-state index in [0.717, 1.165) is 5.92 Å². The van der Waals surface area contributed by atoms with Gasteiger partial charge < -0.3 is 5.73 Å². The van der Waals surface area contributed by atoms with Crippen molar-refractivity contribution in [3.8, 4) is 0 Å². The third kappa shape index (κ3) is 6.52. The fraction of sp³-hybridized carbons (Fsp3) is 1.00. The molecule has 1 unspecified atom stereocenters. The summed E-state index contributed by atoms with van der Waals surface area (Å²) in [6, 6.07) is 0.501. The van der Waals surface area contributed by atoms with Crippen LogP contribution in [0, 0.1) is 5.92 Å². The maximum absolute atomic E-state index is 6.15. The molecular weight excluding hydrogens is 194 g/mol. The first kappa shape index (κ1) is 14.0. The van der Waals surface area contributed by atoms with Gasteiger partial charge in [-0.2, -0.15) is 0 Å². The van der Waals surface area contributed by atoms with E-state index in [-0.39, 0.29) is 0 Å². The van der Waals surface area contributed by atoms with E-state index < -0.39 is 0 Å². The standard InChI is InChI=1S/C15H31N/c1-2-3-4-5-6-7-8-12-15(16)13-14-10-9-11-14/h14-15H,2-13,16H2,1H3. The first-order valence-electron chi connectivity index (χ1n) is 7.58. The number of nitrogens with two attached hydrogens (primary N) is 1. The Morgan fingerprint density at radius 2 is 1.62 bits per heavy atom. The third-order valence-electron chi connectivity index (χ3n) is 4.04. The molecule has 0 amide bonds. The van der Waals surface area contributed by atoms with Gasteiger partial charge in [0, 0.05) is 6.04 Å². The number of rotatable bonds is 10. The SMILES string of the molecule is CCCCCCCCCC(N)CC1CCC1. The minimum Gasteiger partial charge on any atom is -0.328 e. The predicted octanol–water partition coefficient (Wildman–Crippen LogP) is 4.64. The Labute approximate surface area is 102 Å². The smallest absolute Gasteiger partial charge is 0.00414 e. The largest absolute Gasteiger partial charge is 0.328 e. The highest BCUT2D eigenvalue weighted by Gasteiger charge is 2.19. The highest BCUT2D eigenvalue weighted by molar-refractivity contribution is 4.75. The number of unbranched alkanes of at least 4 members (excludes halogenated alkanes) is 6. The van der Waals surface area contributed by atoms with Crippen LogP contribution in [0.5, 0.6) is 0 Å². The van der Waals surface area contributed by atoms with Crippen molar-refractivity contribution in [1.82, 2.24) is 0 Å². The first-order valence-corrected chi connectivity index (χ1v) is 7.58. The Bertz CT molecular complexity index is 152. The molecule has 1 aliphatic carbocycles. The molecule has 0 saturated heterocycles. The molecule has 1 nitrogen and oxygen atoms in total. The zero-order chi connectivity index (χ0) is 11.6. The van der Waals surface area contributed by atoms with E-state index in [9.17, 15) is 0 Å². The number of hydrogen-bond donors (Lipinski definition) is 1. The van der Waals surface area contributed by atoms with E-state index in [1.807, 2.05) is 0 Å². The van der Waals surface area contributed by atoms with Crippen LogP contribution < -0.4 is 5.73 Å². The van der Waals surface area contributed by atoms with Gasteiger partial charge in [-0.15, -0.1) is 0 Å². The van der Waals surface area contributed by atoms with Gasteiger partial charge in [0.25, 0.3) is 0 Å². The van der Waals surface area contributed by atoms with Crippen molar-refractivity contribution >= 4 is 0 Å². The Morgan fingerprint density at radius 1 is 1.00 bits per heavy atom. The highest BCUT2D eigenvalue weighted by atomic mass is 14.6. The lowest BCUT2D eigenvalue weighted by molar-refractivity contribution is 0.270. The lowest BCUT2D eigenvalue weighted by Gasteiger charge is -2.28. The van der Waals surface area contributed by atoms with Gasteiger partial charge in [-0.1, -0.05) is 71.1 Å². The third-order valence-corrected chi connectivity index (χ3v) is 4.04. The fourth-order valence-electron chi connectivity index (χ4n) is 2.64. The van der Waals surface area contributed by atoms with Crippen LogP contribution in [-0.2, 0) is 0 Å². The Morgan fingerprint density at radius 3 is 2.19 bits per heavy atom. The summed E-state index contributed by atoms with van der Waals surface area (Å²) in [6.45, 7) is 2.28. The van der Waals surface area contributed by atoms with E-state index in [1.54, 1.807) is 0 Å². The van der Waals surface area contributed by atoms with Crippen molar-refractivity contribution in [1.29, 1.82) is 0 Å². The number of hydrogen-bond acceptors (Lipinski definition) is 1. The van der Waals surface area contributed by atoms with Gasteiger partial charge >= 0.3 is 0 Å². The van der Waals surface area contributed by atoms with Gasteiger partial charge in [0.15, 0.2) is 0 Å². The van der Waals surface area contributed by atoms with Crippen molar-refractivity contribution in [2.24, 2.45) is 11.7 Å². The quantitative estimate of drug-likeness (QED) is 0.538. The lowest BCUT2D eigenvalue weighted by Crippen LogP contribution is -2.26. The second-order valence-corrected chi connectivity index (χ2v) is 5.70. The van der Waals surface area contributed by atoms with Crippen LogP contribution in [0.3, 0.4) is 0 Å². The minimum atomic E-state index is 0.501. The molecule has 0 spiro atoms. The van der Waals surface area contributed by atoms with Gasteiger partial charge in [-0.25, -0.2) is 0 Å². The summed E-state index contributed by atoms with van der Waals surface area (Å²) in [5.41, 5.74) is 6.15. The summed E-state index contributed by atoms with van der Waals surface area (Å²) < 4.78 is 0. The van der Waals surface area contributed by atoms with Crippen LogP contribution in [0.2, 0.25) is 0 Å². The van der Waals surface area contributed by atoms with Gasteiger partial charge in [-0.3, -0.25) is 0 Å². The zero-order valence-electron chi connectivity index (χ0n) is 11.2. The summed E-state index contributed by atoms with van der Waals surface area (Å²) in [6.07, 6.45) is 16.8. The molecule has 0 heterocycles. The maximum Gasteiger partial charge on any atom is 0.00414 e. The van der Waals surface area contributed by atoms with Crippen LogP contribution in [0.15, 0.2) is 0 Å². The van der Waals surface area contributed by atoms with Crippen molar-refractivity contribution < 1.29 is 0 Å². The monoisotopic (exact) mass is 225 g/mol. The normalized spacial score (nSPS) is 18.4. The van der Waals surface area contributed by atoms with Crippen LogP contribution in [0.25, 0.3) is 0 Å². The van der Waals surface area contributed by atoms with Crippen molar-refractivity contribution in [3.05, 3.63) is 0 Å². The Balaban J connectivity index is 1.78. The highest BCUT2D eigenvalue weighted by Crippen LogP contribution is 2.30. The molecule has 1 fully saturated rings.